The number of hydrogen-bond acceptors (Lipinski definition) is 4. The number of benzene rings is 1. The molecule has 0 N–H and O–H groups in total. The van der Waals surface area contributed by atoms with Gasteiger partial charge in [-0.1, -0.05) is 23.7 Å². The highest BCUT2D eigenvalue weighted by atomic mass is 35.5. The van der Waals surface area contributed by atoms with Gasteiger partial charge in [-0.15, -0.1) is 0 Å². The summed E-state index contributed by atoms with van der Waals surface area (Å²) < 4.78 is 9.67. The van der Waals surface area contributed by atoms with Crippen molar-refractivity contribution in [2.24, 2.45) is 0 Å². The van der Waals surface area contributed by atoms with Gasteiger partial charge >= 0.3 is 11.9 Å². The summed E-state index contributed by atoms with van der Waals surface area (Å²) in [6.45, 7) is 4.07. The quantitative estimate of drug-likeness (QED) is 0.430. The van der Waals surface area contributed by atoms with Gasteiger partial charge in [0.15, 0.2) is 0 Å². The average molecular weight is 335 g/mol. The lowest BCUT2D eigenvalue weighted by Crippen LogP contribution is -2.00. The van der Waals surface area contributed by atoms with E-state index in [1.807, 2.05) is 18.2 Å². The summed E-state index contributed by atoms with van der Waals surface area (Å²) in [6.07, 6.45) is 7.56. The molecule has 1 aromatic rings. The molecule has 0 fully saturated rings. The Morgan fingerprint density at radius 3 is 1.83 bits per heavy atom. The summed E-state index contributed by atoms with van der Waals surface area (Å²) in [5.41, 5.74) is 1.53. The number of esters is 2. The van der Waals surface area contributed by atoms with Crippen LogP contribution >= 0.6 is 11.6 Å². The molecular weight excluding hydrogens is 316 g/mol. The second-order valence-electron chi connectivity index (χ2n) is 4.37. The highest BCUT2D eigenvalue weighted by Gasteiger charge is 1.98. The van der Waals surface area contributed by atoms with Crippen molar-refractivity contribution in [2.45, 2.75) is 13.8 Å². The number of carbonyl (C=O) groups excluding carboxylic acids is 2. The molecule has 0 aliphatic carbocycles. The van der Waals surface area contributed by atoms with Crippen LogP contribution in [0.15, 0.2) is 54.1 Å². The number of carbonyl (C=O) groups is 2. The van der Waals surface area contributed by atoms with Crippen LogP contribution in [-0.4, -0.2) is 25.2 Å². The number of halogens is 1. The Kier molecular flexibility index (Phi) is 8.47. The second kappa shape index (κ2) is 10.4. The molecule has 0 saturated heterocycles. The minimum atomic E-state index is -0.445. The minimum Gasteiger partial charge on any atom is -0.463 e. The molecule has 23 heavy (non-hydrogen) atoms. The zero-order chi connectivity index (χ0) is 17.1. The number of allylic oxidation sites excluding steroid dienone is 3. The molecule has 1 aromatic carbocycles. The molecule has 0 aromatic heterocycles. The maximum absolute atomic E-state index is 11.4. The fraction of sp³-hybridized carbons (Fsp3) is 0.222. The molecular formula is C18H19ClO4. The van der Waals surface area contributed by atoms with E-state index in [0.717, 1.165) is 5.56 Å². The van der Waals surface area contributed by atoms with Gasteiger partial charge < -0.3 is 9.47 Å². The van der Waals surface area contributed by atoms with Crippen molar-refractivity contribution >= 4 is 29.6 Å². The van der Waals surface area contributed by atoms with Crippen LogP contribution in [0.25, 0.3) is 6.08 Å². The molecule has 0 heterocycles. The summed E-state index contributed by atoms with van der Waals surface area (Å²) in [6, 6.07) is 7.18. The van der Waals surface area contributed by atoms with Crippen molar-refractivity contribution in [3.05, 3.63) is 64.7 Å². The standard InChI is InChI=1S/C18H19ClO4/c1-3-22-17(20)11-7-15(8-12-18(21)23-4-2)13-14-5-9-16(19)10-6-14/h5-13H,3-4H2,1-2H3. The Bertz CT molecular complexity index is 582. The highest BCUT2D eigenvalue weighted by Crippen LogP contribution is 2.14. The van der Waals surface area contributed by atoms with Gasteiger partial charge in [0.1, 0.15) is 0 Å². The number of hydrogen-bond donors (Lipinski definition) is 0. The molecule has 4 nitrogen and oxygen atoms in total. The van der Waals surface area contributed by atoms with Crippen molar-refractivity contribution in [1.82, 2.24) is 0 Å². The zero-order valence-electron chi connectivity index (χ0n) is 13.1. The first-order valence-electron chi connectivity index (χ1n) is 7.22. The van der Waals surface area contributed by atoms with E-state index in [0.29, 0.717) is 23.8 Å². The minimum absolute atomic E-state index is 0.304. The lowest BCUT2D eigenvalue weighted by molar-refractivity contribution is -0.138. The predicted octanol–water partition coefficient (Wildman–Crippen LogP) is 3.96. The molecule has 5 heteroatoms. The van der Waals surface area contributed by atoms with Gasteiger partial charge in [0, 0.05) is 17.2 Å². The maximum atomic E-state index is 11.4. The van der Waals surface area contributed by atoms with E-state index in [9.17, 15) is 9.59 Å². The third kappa shape index (κ3) is 8.02. The van der Waals surface area contributed by atoms with E-state index in [1.165, 1.54) is 12.2 Å². The smallest absolute Gasteiger partial charge is 0.330 e. The first-order valence-corrected chi connectivity index (χ1v) is 7.60. The summed E-state index contributed by atoms with van der Waals surface area (Å²) in [5.74, 6) is -0.891. The van der Waals surface area contributed by atoms with Gasteiger partial charge in [0.2, 0.25) is 0 Å². The van der Waals surface area contributed by atoms with Crippen molar-refractivity contribution in [1.29, 1.82) is 0 Å². The van der Waals surface area contributed by atoms with Gasteiger partial charge in [-0.05, 0) is 55.3 Å². The Labute approximate surface area is 141 Å². The van der Waals surface area contributed by atoms with Crippen LogP contribution in [0.5, 0.6) is 0 Å². The van der Waals surface area contributed by atoms with Crippen molar-refractivity contribution in [3.63, 3.8) is 0 Å². The van der Waals surface area contributed by atoms with Crippen molar-refractivity contribution in [2.75, 3.05) is 13.2 Å². The summed E-state index contributed by atoms with van der Waals surface area (Å²) >= 11 is 5.85. The molecule has 1 rings (SSSR count). The fourth-order valence-corrected chi connectivity index (χ4v) is 1.74. The molecule has 122 valence electrons. The highest BCUT2D eigenvalue weighted by molar-refractivity contribution is 6.30. The number of rotatable bonds is 7. The Morgan fingerprint density at radius 1 is 0.913 bits per heavy atom. The molecule has 0 spiro atoms. The van der Waals surface area contributed by atoms with Crippen LogP contribution in [0.4, 0.5) is 0 Å². The Balaban J connectivity index is 2.97. The van der Waals surface area contributed by atoms with E-state index < -0.39 is 11.9 Å². The molecule has 0 atom stereocenters. The Hall–Kier alpha value is -2.33. The SMILES string of the molecule is CCOC(=O)C=CC(C=CC(=O)OCC)=Cc1ccc(Cl)cc1. The van der Waals surface area contributed by atoms with Crippen LogP contribution < -0.4 is 0 Å². The molecule has 0 amide bonds. The van der Waals surface area contributed by atoms with Crippen LogP contribution in [0.1, 0.15) is 19.4 Å². The monoisotopic (exact) mass is 334 g/mol. The molecule has 0 aliphatic heterocycles. The van der Waals surface area contributed by atoms with E-state index in [1.54, 1.807) is 38.1 Å². The molecule has 0 radical (unpaired) electrons. The largest absolute Gasteiger partial charge is 0.463 e. The second-order valence-corrected chi connectivity index (χ2v) is 4.80. The molecule has 0 saturated carbocycles. The zero-order valence-corrected chi connectivity index (χ0v) is 13.9. The lowest BCUT2D eigenvalue weighted by Gasteiger charge is -1.99. The van der Waals surface area contributed by atoms with Crippen LogP contribution in [0.3, 0.4) is 0 Å². The van der Waals surface area contributed by atoms with E-state index >= 15 is 0 Å². The van der Waals surface area contributed by atoms with Gasteiger partial charge in [0.05, 0.1) is 13.2 Å². The van der Waals surface area contributed by atoms with Crippen LogP contribution in [-0.2, 0) is 19.1 Å². The third-order valence-corrected chi connectivity index (χ3v) is 2.85. The predicted molar refractivity (Wildman–Crippen MR) is 91.0 cm³/mol. The van der Waals surface area contributed by atoms with E-state index in [2.05, 4.69) is 0 Å². The van der Waals surface area contributed by atoms with Gasteiger partial charge in [-0.3, -0.25) is 0 Å². The molecule has 0 aliphatic rings. The van der Waals surface area contributed by atoms with Gasteiger partial charge in [-0.2, -0.15) is 0 Å². The fourth-order valence-electron chi connectivity index (χ4n) is 1.61. The lowest BCUT2D eigenvalue weighted by atomic mass is 10.1. The molecule has 0 bridgehead atoms. The average Bonchev–Trinajstić information content (AvgIpc) is 2.52. The van der Waals surface area contributed by atoms with Crippen LogP contribution in [0, 0.1) is 0 Å². The van der Waals surface area contributed by atoms with Gasteiger partial charge in [-0.25, -0.2) is 9.59 Å². The third-order valence-electron chi connectivity index (χ3n) is 2.60. The summed E-state index contributed by atoms with van der Waals surface area (Å²) in [5, 5.41) is 0.632. The topological polar surface area (TPSA) is 52.6 Å². The van der Waals surface area contributed by atoms with Gasteiger partial charge in [0.25, 0.3) is 0 Å². The summed E-state index contributed by atoms with van der Waals surface area (Å²) in [7, 11) is 0. The Morgan fingerprint density at radius 2 is 1.39 bits per heavy atom. The van der Waals surface area contributed by atoms with E-state index in [-0.39, 0.29) is 0 Å². The summed E-state index contributed by atoms with van der Waals surface area (Å²) in [4.78, 5) is 22.8. The maximum Gasteiger partial charge on any atom is 0.330 e. The number of ether oxygens (including phenoxy) is 2. The molecule has 0 unspecified atom stereocenters. The normalized spacial score (nSPS) is 10.7. The van der Waals surface area contributed by atoms with E-state index in [4.69, 9.17) is 21.1 Å². The van der Waals surface area contributed by atoms with Crippen LogP contribution in [0.2, 0.25) is 5.02 Å². The van der Waals surface area contributed by atoms with Crippen molar-refractivity contribution < 1.29 is 19.1 Å². The first-order chi connectivity index (χ1) is 11.0. The first kappa shape index (κ1) is 18.7. The van der Waals surface area contributed by atoms with Crippen molar-refractivity contribution in [3.8, 4) is 0 Å².